The summed E-state index contributed by atoms with van der Waals surface area (Å²) in [4.78, 5) is 0. The van der Waals surface area contributed by atoms with Crippen LogP contribution in [0.5, 0.6) is 0 Å². The summed E-state index contributed by atoms with van der Waals surface area (Å²) in [6.45, 7) is 7.73. The average Bonchev–Trinajstić information content (AvgIpc) is 2.74. The molecule has 1 heterocycles. The van der Waals surface area contributed by atoms with Gasteiger partial charge in [-0.3, -0.25) is 0 Å². The first-order chi connectivity index (χ1) is 8.28. The predicted molar refractivity (Wildman–Crippen MR) is 75.5 cm³/mol. The molecule has 0 amide bonds. The van der Waals surface area contributed by atoms with Gasteiger partial charge in [0.25, 0.3) is 0 Å². The van der Waals surface area contributed by atoms with Gasteiger partial charge in [0, 0.05) is 12.5 Å². The number of halogens is 1. The van der Waals surface area contributed by atoms with Gasteiger partial charge in [0.2, 0.25) is 0 Å². The SMILES string of the molecule is CCCCC(CC)c1nnc(CBr)n1CCC. The first-order valence-corrected chi connectivity index (χ1v) is 7.88. The zero-order valence-electron chi connectivity index (χ0n) is 11.2. The van der Waals surface area contributed by atoms with Gasteiger partial charge in [-0.05, 0) is 19.3 Å². The van der Waals surface area contributed by atoms with Crippen LogP contribution in [0.1, 0.15) is 70.4 Å². The van der Waals surface area contributed by atoms with Crippen molar-refractivity contribution in [2.45, 2.75) is 70.7 Å². The topological polar surface area (TPSA) is 30.7 Å². The molecule has 0 bridgehead atoms. The van der Waals surface area contributed by atoms with Crippen molar-refractivity contribution in [2.75, 3.05) is 0 Å². The molecular weight excluding hydrogens is 278 g/mol. The summed E-state index contributed by atoms with van der Waals surface area (Å²) in [7, 11) is 0. The van der Waals surface area contributed by atoms with Gasteiger partial charge in [-0.1, -0.05) is 49.5 Å². The van der Waals surface area contributed by atoms with Crippen molar-refractivity contribution in [1.82, 2.24) is 14.8 Å². The quantitative estimate of drug-likeness (QED) is 0.671. The third kappa shape index (κ3) is 3.80. The van der Waals surface area contributed by atoms with Gasteiger partial charge in [0.15, 0.2) is 0 Å². The Bertz CT molecular complexity index is 322. The fourth-order valence-electron chi connectivity index (χ4n) is 2.18. The van der Waals surface area contributed by atoms with Crippen LogP contribution in [0.4, 0.5) is 0 Å². The number of rotatable bonds is 8. The van der Waals surface area contributed by atoms with Crippen LogP contribution in [0.2, 0.25) is 0 Å². The summed E-state index contributed by atoms with van der Waals surface area (Å²) >= 11 is 3.49. The van der Waals surface area contributed by atoms with E-state index in [2.05, 4.69) is 51.5 Å². The molecule has 0 radical (unpaired) electrons. The predicted octanol–water partition coefficient (Wildman–Crippen LogP) is 4.27. The Balaban J connectivity index is 2.89. The van der Waals surface area contributed by atoms with Gasteiger partial charge in [0.05, 0.1) is 5.33 Å². The number of alkyl halides is 1. The van der Waals surface area contributed by atoms with Gasteiger partial charge in [0.1, 0.15) is 11.6 Å². The molecule has 0 aliphatic rings. The number of hydrogen-bond acceptors (Lipinski definition) is 2. The lowest BCUT2D eigenvalue weighted by Gasteiger charge is -2.16. The molecule has 3 nitrogen and oxygen atoms in total. The molecule has 0 saturated carbocycles. The molecule has 0 aromatic carbocycles. The fourth-order valence-corrected chi connectivity index (χ4v) is 2.60. The average molecular weight is 302 g/mol. The maximum Gasteiger partial charge on any atom is 0.143 e. The summed E-state index contributed by atoms with van der Waals surface area (Å²) in [6, 6.07) is 0. The van der Waals surface area contributed by atoms with Crippen molar-refractivity contribution in [3.63, 3.8) is 0 Å². The van der Waals surface area contributed by atoms with Crippen molar-refractivity contribution >= 4 is 15.9 Å². The molecule has 98 valence electrons. The number of nitrogens with zero attached hydrogens (tertiary/aromatic N) is 3. The Hall–Kier alpha value is -0.380. The molecule has 0 spiro atoms. The highest BCUT2D eigenvalue weighted by Crippen LogP contribution is 2.25. The van der Waals surface area contributed by atoms with Crippen molar-refractivity contribution in [1.29, 1.82) is 0 Å². The normalized spacial score (nSPS) is 12.9. The number of hydrogen-bond donors (Lipinski definition) is 0. The van der Waals surface area contributed by atoms with E-state index in [1.807, 2.05) is 0 Å². The van der Waals surface area contributed by atoms with E-state index in [1.165, 1.54) is 25.1 Å². The fraction of sp³-hybridized carbons (Fsp3) is 0.846. The molecule has 1 atom stereocenters. The summed E-state index contributed by atoms with van der Waals surface area (Å²) in [6.07, 6.45) is 6.06. The molecule has 1 unspecified atom stereocenters. The minimum absolute atomic E-state index is 0.571. The maximum atomic E-state index is 4.41. The smallest absolute Gasteiger partial charge is 0.143 e. The highest BCUT2D eigenvalue weighted by Gasteiger charge is 2.18. The van der Waals surface area contributed by atoms with E-state index in [-0.39, 0.29) is 0 Å². The molecule has 0 aliphatic carbocycles. The van der Waals surface area contributed by atoms with E-state index in [9.17, 15) is 0 Å². The standard InChI is InChI=1S/C13H24BrN3/c1-4-7-8-11(6-3)13-16-15-12(10-14)17(13)9-5-2/h11H,4-10H2,1-3H3. The van der Waals surface area contributed by atoms with Crippen LogP contribution < -0.4 is 0 Å². The van der Waals surface area contributed by atoms with Crippen molar-refractivity contribution in [3.8, 4) is 0 Å². The van der Waals surface area contributed by atoms with Crippen molar-refractivity contribution in [2.24, 2.45) is 0 Å². The van der Waals surface area contributed by atoms with E-state index in [4.69, 9.17) is 0 Å². The molecule has 0 N–H and O–H groups in total. The molecule has 1 aromatic rings. The Labute approximate surface area is 113 Å². The minimum Gasteiger partial charge on any atom is -0.314 e. The molecule has 0 aliphatic heterocycles. The van der Waals surface area contributed by atoms with Gasteiger partial charge in [-0.25, -0.2) is 0 Å². The van der Waals surface area contributed by atoms with Crippen LogP contribution >= 0.6 is 15.9 Å². The highest BCUT2D eigenvalue weighted by atomic mass is 79.9. The highest BCUT2D eigenvalue weighted by molar-refractivity contribution is 9.08. The second-order valence-electron chi connectivity index (χ2n) is 4.51. The van der Waals surface area contributed by atoms with Gasteiger partial charge in [-0.15, -0.1) is 10.2 Å². The maximum absolute atomic E-state index is 4.41. The number of aromatic nitrogens is 3. The summed E-state index contributed by atoms with van der Waals surface area (Å²) in [5.41, 5.74) is 0. The van der Waals surface area contributed by atoms with Gasteiger partial charge < -0.3 is 4.57 Å². The molecule has 0 fully saturated rings. The van der Waals surface area contributed by atoms with Gasteiger partial charge >= 0.3 is 0 Å². The lowest BCUT2D eigenvalue weighted by atomic mass is 9.98. The van der Waals surface area contributed by atoms with Gasteiger partial charge in [-0.2, -0.15) is 0 Å². The molecule has 17 heavy (non-hydrogen) atoms. The molecular formula is C13H24BrN3. The Morgan fingerprint density at radius 2 is 1.94 bits per heavy atom. The second-order valence-corrected chi connectivity index (χ2v) is 5.07. The van der Waals surface area contributed by atoms with Crippen molar-refractivity contribution < 1.29 is 0 Å². The van der Waals surface area contributed by atoms with E-state index < -0.39 is 0 Å². The zero-order valence-corrected chi connectivity index (χ0v) is 12.8. The molecule has 0 saturated heterocycles. The molecule has 1 aromatic heterocycles. The molecule has 1 rings (SSSR count). The van der Waals surface area contributed by atoms with Crippen LogP contribution in [0.25, 0.3) is 0 Å². The van der Waals surface area contributed by atoms with Crippen LogP contribution in [0.15, 0.2) is 0 Å². The lowest BCUT2D eigenvalue weighted by molar-refractivity contribution is 0.503. The van der Waals surface area contributed by atoms with E-state index >= 15 is 0 Å². The first-order valence-electron chi connectivity index (χ1n) is 6.76. The van der Waals surface area contributed by atoms with E-state index in [0.717, 1.165) is 30.5 Å². The largest absolute Gasteiger partial charge is 0.314 e. The van der Waals surface area contributed by atoms with E-state index in [1.54, 1.807) is 0 Å². The van der Waals surface area contributed by atoms with Crippen LogP contribution in [0.3, 0.4) is 0 Å². The van der Waals surface area contributed by atoms with Crippen LogP contribution in [-0.2, 0) is 11.9 Å². The van der Waals surface area contributed by atoms with Crippen molar-refractivity contribution in [3.05, 3.63) is 11.6 Å². The summed E-state index contributed by atoms with van der Waals surface area (Å²) in [5, 5.41) is 9.50. The molecule has 4 heteroatoms. The monoisotopic (exact) mass is 301 g/mol. The Kier molecular flexibility index (Phi) is 6.78. The zero-order chi connectivity index (χ0) is 12.7. The van der Waals surface area contributed by atoms with E-state index in [0.29, 0.717) is 5.92 Å². The minimum atomic E-state index is 0.571. The Morgan fingerprint density at radius 3 is 2.47 bits per heavy atom. The first kappa shape index (κ1) is 14.7. The summed E-state index contributed by atoms with van der Waals surface area (Å²) in [5.74, 6) is 2.83. The van der Waals surface area contributed by atoms with Crippen LogP contribution in [-0.4, -0.2) is 14.8 Å². The number of unbranched alkanes of at least 4 members (excludes halogenated alkanes) is 1. The second kappa shape index (κ2) is 7.85. The summed E-state index contributed by atoms with van der Waals surface area (Å²) < 4.78 is 2.30. The third-order valence-corrected chi connectivity index (χ3v) is 3.69. The van der Waals surface area contributed by atoms with Crippen LogP contribution in [0, 0.1) is 0 Å². The Morgan fingerprint density at radius 1 is 1.18 bits per heavy atom. The lowest BCUT2D eigenvalue weighted by Crippen LogP contribution is -2.11. The third-order valence-electron chi connectivity index (χ3n) is 3.19.